The zero-order valence-electron chi connectivity index (χ0n) is 7.39. The van der Waals surface area contributed by atoms with Gasteiger partial charge >= 0.3 is 0 Å². The lowest BCUT2D eigenvalue weighted by molar-refractivity contribution is 0.865. The van der Waals surface area contributed by atoms with Crippen LogP contribution in [0.2, 0.25) is 0 Å². The van der Waals surface area contributed by atoms with Gasteiger partial charge in [-0.05, 0) is 28.1 Å². The summed E-state index contributed by atoms with van der Waals surface area (Å²) in [5, 5.41) is 4.14. The monoisotopic (exact) mass is 252 g/mol. The SMILES string of the molecule is NCc1ccc(-n2cc(Br)cn2)cn1. The normalized spacial score (nSPS) is 10.4. The Morgan fingerprint density at radius 2 is 2.21 bits per heavy atom. The van der Waals surface area contributed by atoms with Crippen LogP contribution in [0.15, 0.2) is 35.2 Å². The zero-order chi connectivity index (χ0) is 9.97. The molecular weight excluding hydrogens is 244 g/mol. The molecule has 2 aromatic heterocycles. The Morgan fingerprint density at radius 3 is 2.71 bits per heavy atom. The molecule has 0 aliphatic carbocycles. The maximum Gasteiger partial charge on any atom is 0.0829 e. The summed E-state index contributed by atoms with van der Waals surface area (Å²) in [6, 6.07) is 3.83. The third-order valence-corrected chi connectivity index (χ3v) is 2.24. The van der Waals surface area contributed by atoms with Crippen molar-refractivity contribution in [2.75, 3.05) is 0 Å². The molecule has 2 N–H and O–H groups in total. The van der Waals surface area contributed by atoms with Crippen molar-refractivity contribution >= 4 is 15.9 Å². The van der Waals surface area contributed by atoms with Crippen molar-refractivity contribution in [1.29, 1.82) is 0 Å². The van der Waals surface area contributed by atoms with Gasteiger partial charge in [-0.1, -0.05) is 0 Å². The van der Waals surface area contributed by atoms with E-state index < -0.39 is 0 Å². The lowest BCUT2D eigenvalue weighted by Gasteiger charge is -2.00. The summed E-state index contributed by atoms with van der Waals surface area (Å²) >= 11 is 3.33. The maximum atomic E-state index is 5.45. The van der Waals surface area contributed by atoms with Crippen molar-refractivity contribution in [3.63, 3.8) is 0 Å². The van der Waals surface area contributed by atoms with Gasteiger partial charge in [-0.3, -0.25) is 4.98 Å². The highest BCUT2D eigenvalue weighted by Crippen LogP contribution is 2.11. The standard InChI is InChI=1S/C9H9BrN4/c10-7-4-13-14(6-7)9-2-1-8(3-11)12-5-9/h1-2,4-6H,3,11H2. The molecule has 72 valence electrons. The summed E-state index contributed by atoms with van der Waals surface area (Å²) in [5.74, 6) is 0. The second-order valence-corrected chi connectivity index (χ2v) is 3.73. The van der Waals surface area contributed by atoms with Crippen LogP contribution in [-0.2, 0) is 6.54 Å². The minimum Gasteiger partial charge on any atom is -0.325 e. The number of aromatic nitrogens is 3. The van der Waals surface area contributed by atoms with E-state index in [1.165, 1.54) is 0 Å². The molecule has 0 atom stereocenters. The molecule has 0 aliphatic heterocycles. The third-order valence-electron chi connectivity index (χ3n) is 1.83. The predicted molar refractivity (Wildman–Crippen MR) is 57.0 cm³/mol. The molecule has 14 heavy (non-hydrogen) atoms. The Kier molecular flexibility index (Phi) is 2.60. The molecule has 0 fully saturated rings. The fourth-order valence-electron chi connectivity index (χ4n) is 1.11. The van der Waals surface area contributed by atoms with Gasteiger partial charge in [0.05, 0.1) is 28.2 Å². The first kappa shape index (κ1) is 9.36. The molecule has 0 saturated carbocycles. The number of pyridine rings is 1. The molecule has 2 rings (SSSR count). The van der Waals surface area contributed by atoms with Gasteiger partial charge in [0.15, 0.2) is 0 Å². The van der Waals surface area contributed by atoms with Gasteiger partial charge in [-0.15, -0.1) is 0 Å². The van der Waals surface area contributed by atoms with E-state index in [0.29, 0.717) is 6.54 Å². The smallest absolute Gasteiger partial charge is 0.0829 e. The Labute approximate surface area is 89.9 Å². The Bertz CT molecular complexity index is 421. The van der Waals surface area contributed by atoms with Gasteiger partial charge in [0.25, 0.3) is 0 Å². The number of hydrogen-bond donors (Lipinski definition) is 1. The first-order valence-corrected chi connectivity index (χ1v) is 4.94. The minimum atomic E-state index is 0.461. The molecular formula is C9H9BrN4. The third kappa shape index (κ3) is 1.83. The Morgan fingerprint density at radius 1 is 1.36 bits per heavy atom. The summed E-state index contributed by atoms with van der Waals surface area (Å²) in [6.07, 6.45) is 5.36. The van der Waals surface area contributed by atoms with Crippen molar-refractivity contribution in [3.05, 3.63) is 40.9 Å². The highest BCUT2D eigenvalue weighted by atomic mass is 79.9. The van der Waals surface area contributed by atoms with Crippen molar-refractivity contribution < 1.29 is 0 Å². The predicted octanol–water partition coefficient (Wildman–Crippen LogP) is 1.49. The van der Waals surface area contributed by atoms with Crippen molar-refractivity contribution in [1.82, 2.24) is 14.8 Å². The van der Waals surface area contributed by atoms with Crippen molar-refractivity contribution in [2.45, 2.75) is 6.54 Å². The summed E-state index contributed by atoms with van der Waals surface area (Å²) in [5.41, 5.74) is 7.25. The van der Waals surface area contributed by atoms with Crippen LogP contribution in [-0.4, -0.2) is 14.8 Å². The van der Waals surface area contributed by atoms with E-state index in [-0.39, 0.29) is 0 Å². The molecule has 0 bridgehead atoms. The van der Waals surface area contributed by atoms with Crippen LogP contribution in [0.5, 0.6) is 0 Å². The van der Waals surface area contributed by atoms with Gasteiger partial charge in [0.1, 0.15) is 0 Å². The molecule has 0 unspecified atom stereocenters. The number of nitrogens with zero attached hydrogens (tertiary/aromatic N) is 3. The van der Waals surface area contributed by atoms with Crippen molar-refractivity contribution in [2.24, 2.45) is 5.73 Å². The second-order valence-electron chi connectivity index (χ2n) is 2.81. The molecule has 0 amide bonds. The average molecular weight is 253 g/mol. The van der Waals surface area contributed by atoms with E-state index in [1.807, 2.05) is 18.3 Å². The zero-order valence-corrected chi connectivity index (χ0v) is 8.98. The van der Waals surface area contributed by atoms with Gasteiger partial charge in [0.2, 0.25) is 0 Å². The first-order valence-electron chi connectivity index (χ1n) is 4.15. The Balaban J connectivity index is 2.33. The number of hydrogen-bond acceptors (Lipinski definition) is 3. The van der Waals surface area contributed by atoms with E-state index in [2.05, 4.69) is 26.0 Å². The molecule has 0 aromatic carbocycles. The number of rotatable bonds is 2. The van der Waals surface area contributed by atoms with E-state index >= 15 is 0 Å². The van der Waals surface area contributed by atoms with Crippen LogP contribution in [0, 0.1) is 0 Å². The molecule has 0 radical (unpaired) electrons. The number of nitrogens with two attached hydrogens (primary N) is 1. The molecule has 0 aliphatic rings. The molecule has 2 aromatic rings. The molecule has 0 spiro atoms. The average Bonchev–Trinajstić information content (AvgIpc) is 2.65. The van der Waals surface area contributed by atoms with E-state index in [0.717, 1.165) is 15.9 Å². The van der Waals surface area contributed by atoms with Crippen molar-refractivity contribution in [3.8, 4) is 5.69 Å². The van der Waals surface area contributed by atoms with Gasteiger partial charge < -0.3 is 5.73 Å². The van der Waals surface area contributed by atoms with E-state index in [9.17, 15) is 0 Å². The molecule has 2 heterocycles. The highest BCUT2D eigenvalue weighted by molar-refractivity contribution is 9.10. The van der Waals surface area contributed by atoms with Crippen LogP contribution in [0.3, 0.4) is 0 Å². The lowest BCUT2D eigenvalue weighted by atomic mass is 10.3. The van der Waals surface area contributed by atoms with E-state index in [1.54, 1.807) is 17.1 Å². The fourth-order valence-corrected chi connectivity index (χ4v) is 1.40. The lowest BCUT2D eigenvalue weighted by Crippen LogP contribution is -2.01. The summed E-state index contributed by atoms with van der Waals surface area (Å²) in [4.78, 5) is 4.18. The van der Waals surface area contributed by atoms with Crippen LogP contribution in [0.4, 0.5) is 0 Å². The minimum absolute atomic E-state index is 0.461. The topological polar surface area (TPSA) is 56.7 Å². The summed E-state index contributed by atoms with van der Waals surface area (Å²) < 4.78 is 2.69. The van der Waals surface area contributed by atoms with Crippen LogP contribution < -0.4 is 5.73 Å². The fraction of sp³-hybridized carbons (Fsp3) is 0.111. The van der Waals surface area contributed by atoms with E-state index in [4.69, 9.17) is 5.73 Å². The highest BCUT2D eigenvalue weighted by Gasteiger charge is 1.99. The van der Waals surface area contributed by atoms with Gasteiger partial charge in [0, 0.05) is 12.7 Å². The van der Waals surface area contributed by atoms with Crippen LogP contribution in [0.25, 0.3) is 5.69 Å². The summed E-state index contributed by atoms with van der Waals surface area (Å²) in [7, 11) is 0. The van der Waals surface area contributed by atoms with Gasteiger partial charge in [-0.2, -0.15) is 5.10 Å². The summed E-state index contributed by atoms with van der Waals surface area (Å²) in [6.45, 7) is 0.461. The van der Waals surface area contributed by atoms with Crippen LogP contribution >= 0.6 is 15.9 Å². The molecule has 4 nitrogen and oxygen atoms in total. The van der Waals surface area contributed by atoms with Gasteiger partial charge in [-0.25, -0.2) is 4.68 Å². The first-order chi connectivity index (χ1) is 6.79. The number of halogens is 1. The quantitative estimate of drug-likeness (QED) is 0.882. The van der Waals surface area contributed by atoms with Crippen LogP contribution in [0.1, 0.15) is 5.69 Å². The second kappa shape index (κ2) is 3.89. The maximum absolute atomic E-state index is 5.45. The Hall–Kier alpha value is -1.20. The largest absolute Gasteiger partial charge is 0.325 e. The molecule has 0 saturated heterocycles. The molecule has 5 heteroatoms.